The quantitative estimate of drug-likeness (QED) is 0.814. The molecule has 1 saturated carbocycles. The largest absolute Gasteiger partial charge is 0.461 e. The molecule has 1 heterocycles. The van der Waals surface area contributed by atoms with Gasteiger partial charge in [-0.15, -0.1) is 12.4 Å². The average molecular weight is 369 g/mol. The van der Waals surface area contributed by atoms with E-state index in [2.05, 4.69) is 14.9 Å². The first-order chi connectivity index (χ1) is 11.6. The number of hydrogen-bond donors (Lipinski definition) is 1. The lowest BCUT2D eigenvalue weighted by Crippen LogP contribution is -2.41. The summed E-state index contributed by atoms with van der Waals surface area (Å²) in [5.41, 5.74) is 6.99. The topological polar surface area (TPSA) is 112 Å². The molecular weight excluding hydrogens is 348 g/mol. The van der Waals surface area contributed by atoms with Crippen LogP contribution >= 0.6 is 12.4 Å². The van der Waals surface area contributed by atoms with Gasteiger partial charge in [0.15, 0.2) is 0 Å². The van der Waals surface area contributed by atoms with Crippen LogP contribution in [0.3, 0.4) is 0 Å². The number of hydrogen-bond acceptors (Lipinski definition) is 7. The number of carbonyl (C=O) groups excluding carboxylic acids is 2. The molecule has 136 valence electrons. The molecule has 1 aromatic carbocycles. The van der Waals surface area contributed by atoms with Crippen LogP contribution in [0, 0.1) is 0 Å². The molecular formula is C16H21ClN4O4. The fourth-order valence-corrected chi connectivity index (χ4v) is 3.07. The van der Waals surface area contributed by atoms with Crippen molar-refractivity contribution >= 4 is 35.3 Å². The maximum absolute atomic E-state index is 12.7. The van der Waals surface area contributed by atoms with E-state index < -0.39 is 0 Å². The number of carbonyl (C=O) groups is 2. The van der Waals surface area contributed by atoms with E-state index >= 15 is 0 Å². The number of halogens is 1. The van der Waals surface area contributed by atoms with Gasteiger partial charge < -0.3 is 15.4 Å². The van der Waals surface area contributed by atoms with Gasteiger partial charge in [0.25, 0.3) is 5.91 Å². The number of esters is 1. The smallest absolute Gasteiger partial charge is 0.319 e. The summed E-state index contributed by atoms with van der Waals surface area (Å²) < 4.78 is 9.91. The molecule has 0 unspecified atom stereocenters. The monoisotopic (exact) mass is 368 g/mol. The van der Waals surface area contributed by atoms with Gasteiger partial charge in [0, 0.05) is 18.7 Å². The summed E-state index contributed by atoms with van der Waals surface area (Å²) in [6.07, 6.45) is 2.95. The molecule has 2 aromatic rings. The van der Waals surface area contributed by atoms with Gasteiger partial charge >= 0.3 is 5.97 Å². The minimum absolute atomic E-state index is 0. The van der Waals surface area contributed by atoms with Crippen LogP contribution in [0.4, 0.5) is 0 Å². The van der Waals surface area contributed by atoms with E-state index in [0.717, 1.165) is 25.7 Å². The predicted molar refractivity (Wildman–Crippen MR) is 92.3 cm³/mol. The minimum Gasteiger partial charge on any atom is -0.461 e. The van der Waals surface area contributed by atoms with E-state index in [0.29, 0.717) is 16.6 Å². The third kappa shape index (κ3) is 4.26. The lowest BCUT2D eigenvalue weighted by atomic mass is 9.91. The van der Waals surface area contributed by atoms with Crippen LogP contribution in [0.15, 0.2) is 22.8 Å². The Hall–Kier alpha value is -2.19. The summed E-state index contributed by atoms with van der Waals surface area (Å²) in [6, 6.07) is 5.24. The molecule has 3 rings (SSSR count). The zero-order chi connectivity index (χ0) is 17.1. The average Bonchev–Trinajstić information content (AvgIpc) is 3.08. The Morgan fingerprint density at radius 2 is 1.92 bits per heavy atom. The number of ether oxygens (including phenoxy) is 1. The second-order valence-electron chi connectivity index (χ2n) is 6.01. The van der Waals surface area contributed by atoms with Gasteiger partial charge in [0.2, 0.25) is 0 Å². The number of rotatable bonds is 4. The van der Waals surface area contributed by atoms with Gasteiger partial charge in [-0.1, -0.05) is 0 Å². The third-order valence-corrected chi connectivity index (χ3v) is 4.48. The van der Waals surface area contributed by atoms with Gasteiger partial charge in [-0.25, -0.2) is 4.63 Å². The van der Waals surface area contributed by atoms with Crippen LogP contribution < -0.4 is 5.73 Å². The highest BCUT2D eigenvalue weighted by atomic mass is 35.5. The van der Waals surface area contributed by atoms with E-state index in [9.17, 15) is 9.59 Å². The normalized spacial score (nSPS) is 19.9. The Morgan fingerprint density at radius 3 is 2.60 bits per heavy atom. The zero-order valence-electron chi connectivity index (χ0n) is 13.9. The lowest BCUT2D eigenvalue weighted by Gasteiger charge is -2.34. The maximum atomic E-state index is 12.7. The molecule has 1 fully saturated rings. The highest BCUT2D eigenvalue weighted by Gasteiger charge is 2.28. The molecule has 1 aliphatic rings. The second kappa shape index (κ2) is 8.26. The fourth-order valence-electron chi connectivity index (χ4n) is 3.07. The van der Waals surface area contributed by atoms with Crippen molar-refractivity contribution in [3.05, 3.63) is 23.8 Å². The lowest BCUT2D eigenvalue weighted by molar-refractivity contribution is -0.149. The standard InChI is InChI=1S/C16H20N4O4.ClH/c1-20(11-3-5-12(6-4-11)23-15(21)9-17)16(22)10-2-7-13-14(8-10)19-24-18-13;/h2,7-8,11-12H,3-6,9,17H2,1H3;1H. The molecule has 0 bridgehead atoms. The number of benzene rings is 1. The summed E-state index contributed by atoms with van der Waals surface area (Å²) in [5.74, 6) is -0.445. The molecule has 2 N–H and O–H groups in total. The van der Waals surface area contributed by atoms with Crippen molar-refractivity contribution in [2.24, 2.45) is 5.73 Å². The summed E-state index contributed by atoms with van der Waals surface area (Å²) in [7, 11) is 1.80. The zero-order valence-corrected chi connectivity index (χ0v) is 14.7. The first kappa shape index (κ1) is 19.1. The van der Waals surface area contributed by atoms with Crippen molar-refractivity contribution in [2.75, 3.05) is 13.6 Å². The van der Waals surface area contributed by atoms with E-state index in [-0.39, 0.29) is 43.0 Å². The fraction of sp³-hybridized carbons (Fsp3) is 0.500. The molecule has 9 heteroatoms. The Kier molecular flexibility index (Phi) is 6.33. The molecule has 1 amide bonds. The summed E-state index contributed by atoms with van der Waals surface area (Å²) >= 11 is 0. The first-order valence-corrected chi connectivity index (χ1v) is 7.97. The maximum Gasteiger partial charge on any atom is 0.319 e. The molecule has 0 atom stereocenters. The minimum atomic E-state index is -0.377. The van der Waals surface area contributed by atoms with Crippen molar-refractivity contribution in [2.45, 2.75) is 37.8 Å². The number of fused-ring (bicyclic) bond motifs is 1. The number of aromatic nitrogens is 2. The summed E-state index contributed by atoms with van der Waals surface area (Å²) in [5, 5.41) is 7.50. The molecule has 25 heavy (non-hydrogen) atoms. The van der Waals surface area contributed by atoms with Crippen LogP contribution in [0.1, 0.15) is 36.0 Å². The van der Waals surface area contributed by atoms with Gasteiger partial charge in [0.05, 0.1) is 6.54 Å². The van der Waals surface area contributed by atoms with E-state index in [1.54, 1.807) is 30.1 Å². The van der Waals surface area contributed by atoms with Crippen LogP contribution in [-0.2, 0) is 9.53 Å². The number of amides is 1. The van der Waals surface area contributed by atoms with Crippen LogP contribution in [-0.4, -0.2) is 52.8 Å². The summed E-state index contributed by atoms with van der Waals surface area (Å²) in [6.45, 7) is -0.0995. The van der Waals surface area contributed by atoms with Gasteiger partial charge in [-0.2, -0.15) is 0 Å². The molecule has 0 aliphatic heterocycles. The van der Waals surface area contributed by atoms with Crippen molar-refractivity contribution in [1.29, 1.82) is 0 Å². The first-order valence-electron chi connectivity index (χ1n) is 7.97. The molecule has 0 spiro atoms. The van der Waals surface area contributed by atoms with Gasteiger partial charge in [-0.05, 0) is 54.2 Å². The van der Waals surface area contributed by atoms with Crippen molar-refractivity contribution in [1.82, 2.24) is 15.2 Å². The van der Waals surface area contributed by atoms with E-state index in [4.69, 9.17) is 10.5 Å². The van der Waals surface area contributed by atoms with Crippen molar-refractivity contribution in [3.63, 3.8) is 0 Å². The molecule has 1 aliphatic carbocycles. The number of nitrogens with zero attached hydrogens (tertiary/aromatic N) is 3. The van der Waals surface area contributed by atoms with Crippen molar-refractivity contribution in [3.8, 4) is 0 Å². The predicted octanol–water partition coefficient (Wildman–Crippen LogP) is 1.53. The molecule has 8 nitrogen and oxygen atoms in total. The Bertz CT molecular complexity index is 743. The Balaban J connectivity index is 0.00000225. The highest BCUT2D eigenvalue weighted by Crippen LogP contribution is 2.26. The SMILES string of the molecule is CN(C(=O)c1ccc2nonc2c1)C1CCC(OC(=O)CN)CC1.Cl. The molecule has 0 saturated heterocycles. The van der Waals surface area contributed by atoms with Gasteiger partial charge in [0.1, 0.15) is 17.1 Å². The van der Waals surface area contributed by atoms with Crippen LogP contribution in [0.25, 0.3) is 11.0 Å². The third-order valence-electron chi connectivity index (χ3n) is 4.48. The van der Waals surface area contributed by atoms with Crippen molar-refractivity contribution < 1.29 is 19.0 Å². The van der Waals surface area contributed by atoms with Crippen LogP contribution in [0.2, 0.25) is 0 Å². The molecule has 1 aromatic heterocycles. The van der Waals surface area contributed by atoms with Gasteiger partial charge in [-0.3, -0.25) is 9.59 Å². The Morgan fingerprint density at radius 1 is 1.24 bits per heavy atom. The van der Waals surface area contributed by atoms with E-state index in [1.807, 2.05) is 0 Å². The second-order valence-corrected chi connectivity index (χ2v) is 6.01. The summed E-state index contributed by atoms with van der Waals surface area (Å²) in [4.78, 5) is 25.6. The highest BCUT2D eigenvalue weighted by molar-refractivity contribution is 5.97. The number of nitrogens with two attached hydrogens (primary N) is 1. The van der Waals surface area contributed by atoms with Crippen LogP contribution in [0.5, 0.6) is 0 Å². The molecule has 0 radical (unpaired) electrons. The Labute approximate surface area is 151 Å². The van der Waals surface area contributed by atoms with E-state index in [1.165, 1.54) is 0 Å².